The number of benzene rings is 1. The third kappa shape index (κ3) is 2.97. The molecule has 2 saturated heterocycles. The lowest BCUT2D eigenvalue weighted by molar-refractivity contribution is 0.0882. The number of hydrogen-bond donors (Lipinski definition) is 2. The van der Waals surface area contributed by atoms with Gasteiger partial charge < -0.3 is 20.4 Å². The van der Waals surface area contributed by atoms with Crippen LogP contribution in [0.25, 0.3) is 11.3 Å². The van der Waals surface area contributed by atoms with E-state index < -0.39 is 0 Å². The number of nitrogen functional groups attached to an aromatic ring is 1. The maximum atomic E-state index is 12.4. The summed E-state index contributed by atoms with van der Waals surface area (Å²) >= 11 is 0. The van der Waals surface area contributed by atoms with Gasteiger partial charge >= 0.3 is 0 Å². The highest BCUT2D eigenvalue weighted by Crippen LogP contribution is 2.27. The van der Waals surface area contributed by atoms with Crippen LogP contribution >= 0.6 is 0 Å². The van der Waals surface area contributed by atoms with Crippen LogP contribution in [-0.2, 0) is 0 Å². The highest BCUT2D eigenvalue weighted by atomic mass is 16.3. The number of carbonyl (C=O) groups excluding carboxylic acids is 1. The minimum atomic E-state index is -0.132. The van der Waals surface area contributed by atoms with Crippen LogP contribution in [0, 0.1) is 5.92 Å². The SMILES string of the molecule is Nc1cccc(-c2ccc(C(=O)N[C@H]3C[C@H]4CCN(C4)C3)o2)c1. The first-order valence-corrected chi connectivity index (χ1v) is 8.16. The van der Waals surface area contributed by atoms with Gasteiger partial charge in [-0.1, -0.05) is 12.1 Å². The number of furan rings is 1. The van der Waals surface area contributed by atoms with Crippen molar-refractivity contribution in [1.29, 1.82) is 0 Å². The molecular formula is C18H21N3O2. The summed E-state index contributed by atoms with van der Waals surface area (Å²) < 4.78 is 5.72. The average Bonchev–Trinajstić information content (AvgIpc) is 3.14. The van der Waals surface area contributed by atoms with E-state index in [9.17, 15) is 4.79 Å². The topological polar surface area (TPSA) is 71.5 Å². The van der Waals surface area contributed by atoms with Crippen molar-refractivity contribution in [3.05, 3.63) is 42.2 Å². The Morgan fingerprint density at radius 1 is 1.26 bits per heavy atom. The van der Waals surface area contributed by atoms with Gasteiger partial charge in [0.25, 0.3) is 5.91 Å². The van der Waals surface area contributed by atoms with Crippen LogP contribution in [0.3, 0.4) is 0 Å². The van der Waals surface area contributed by atoms with Crippen LogP contribution in [0.15, 0.2) is 40.8 Å². The van der Waals surface area contributed by atoms with Crippen LogP contribution in [0.2, 0.25) is 0 Å². The van der Waals surface area contributed by atoms with Crippen molar-refractivity contribution < 1.29 is 9.21 Å². The number of nitrogens with zero attached hydrogens (tertiary/aromatic N) is 1. The molecule has 1 unspecified atom stereocenters. The lowest BCUT2D eigenvalue weighted by Gasteiger charge is -2.30. The largest absolute Gasteiger partial charge is 0.451 e. The maximum Gasteiger partial charge on any atom is 0.287 e. The molecule has 4 rings (SSSR count). The van der Waals surface area contributed by atoms with Gasteiger partial charge in [0.15, 0.2) is 5.76 Å². The smallest absolute Gasteiger partial charge is 0.287 e. The van der Waals surface area contributed by atoms with Crippen molar-refractivity contribution in [2.45, 2.75) is 18.9 Å². The number of fused-ring (bicyclic) bond motifs is 2. The van der Waals surface area contributed by atoms with Crippen molar-refractivity contribution in [3.8, 4) is 11.3 Å². The van der Waals surface area contributed by atoms with Crippen molar-refractivity contribution in [2.24, 2.45) is 5.92 Å². The van der Waals surface area contributed by atoms with Crippen LogP contribution in [0.4, 0.5) is 5.69 Å². The molecule has 1 aromatic heterocycles. The predicted molar refractivity (Wildman–Crippen MR) is 89.0 cm³/mol. The lowest BCUT2D eigenvalue weighted by Crippen LogP contribution is -2.46. The van der Waals surface area contributed by atoms with E-state index in [1.807, 2.05) is 30.3 Å². The normalized spacial score (nSPS) is 26.2. The summed E-state index contributed by atoms with van der Waals surface area (Å²) in [6.45, 7) is 3.30. The van der Waals surface area contributed by atoms with Crippen LogP contribution < -0.4 is 11.1 Å². The molecule has 2 aromatic rings. The van der Waals surface area contributed by atoms with Crippen LogP contribution in [-0.4, -0.2) is 36.5 Å². The van der Waals surface area contributed by atoms with Crippen molar-refractivity contribution in [2.75, 3.05) is 25.4 Å². The van der Waals surface area contributed by atoms with Gasteiger partial charge in [-0.3, -0.25) is 4.79 Å². The molecule has 2 aliphatic heterocycles. The zero-order valence-corrected chi connectivity index (χ0v) is 13.0. The molecule has 23 heavy (non-hydrogen) atoms. The molecule has 1 amide bonds. The van der Waals surface area contributed by atoms with E-state index >= 15 is 0 Å². The Morgan fingerprint density at radius 2 is 2.17 bits per heavy atom. The highest BCUT2D eigenvalue weighted by Gasteiger charge is 2.33. The second-order valence-electron chi connectivity index (χ2n) is 6.61. The molecule has 3 heterocycles. The van der Waals surface area contributed by atoms with Crippen molar-refractivity contribution in [3.63, 3.8) is 0 Å². The van der Waals surface area contributed by atoms with Gasteiger partial charge in [0.05, 0.1) is 0 Å². The van der Waals surface area contributed by atoms with E-state index in [2.05, 4.69) is 10.2 Å². The quantitative estimate of drug-likeness (QED) is 0.854. The van der Waals surface area contributed by atoms with Gasteiger partial charge in [0, 0.05) is 30.4 Å². The summed E-state index contributed by atoms with van der Waals surface area (Å²) in [5.74, 6) is 1.62. The summed E-state index contributed by atoms with van der Waals surface area (Å²) in [7, 11) is 0. The Hall–Kier alpha value is -2.27. The maximum absolute atomic E-state index is 12.4. The Balaban J connectivity index is 1.45. The number of hydrogen-bond acceptors (Lipinski definition) is 4. The molecule has 2 aliphatic rings. The molecule has 120 valence electrons. The van der Waals surface area contributed by atoms with E-state index in [4.69, 9.17) is 10.2 Å². The molecule has 0 aliphatic carbocycles. The minimum absolute atomic E-state index is 0.132. The summed E-state index contributed by atoms with van der Waals surface area (Å²) in [6, 6.07) is 11.2. The molecule has 0 radical (unpaired) electrons. The third-order valence-electron chi connectivity index (χ3n) is 4.80. The van der Waals surface area contributed by atoms with E-state index in [0.29, 0.717) is 17.2 Å². The number of amides is 1. The molecular weight excluding hydrogens is 290 g/mol. The van der Waals surface area contributed by atoms with Gasteiger partial charge in [0.1, 0.15) is 5.76 Å². The Bertz CT molecular complexity index is 713. The Labute approximate surface area is 135 Å². The van der Waals surface area contributed by atoms with Crippen LogP contribution in [0.1, 0.15) is 23.4 Å². The fourth-order valence-corrected chi connectivity index (χ4v) is 3.73. The zero-order chi connectivity index (χ0) is 15.8. The van der Waals surface area contributed by atoms with Crippen molar-refractivity contribution >= 4 is 11.6 Å². The number of rotatable bonds is 3. The number of nitrogens with one attached hydrogen (secondary N) is 1. The summed E-state index contributed by atoms with van der Waals surface area (Å²) in [4.78, 5) is 14.8. The summed E-state index contributed by atoms with van der Waals surface area (Å²) in [5.41, 5.74) is 7.35. The molecule has 3 atom stereocenters. The fraction of sp³-hybridized carbons (Fsp3) is 0.389. The number of anilines is 1. The van der Waals surface area contributed by atoms with Crippen molar-refractivity contribution in [1.82, 2.24) is 10.2 Å². The highest BCUT2D eigenvalue weighted by molar-refractivity contribution is 5.92. The first-order chi connectivity index (χ1) is 11.2. The van der Waals surface area contributed by atoms with E-state index in [-0.39, 0.29) is 11.9 Å². The van der Waals surface area contributed by atoms with Gasteiger partial charge in [-0.2, -0.15) is 0 Å². The Kier molecular flexibility index (Phi) is 3.58. The van der Waals surface area contributed by atoms with Gasteiger partial charge in [-0.15, -0.1) is 0 Å². The molecule has 2 fully saturated rings. The van der Waals surface area contributed by atoms with Gasteiger partial charge in [-0.05, 0) is 49.6 Å². The molecule has 5 nitrogen and oxygen atoms in total. The summed E-state index contributed by atoms with van der Waals surface area (Å²) in [6.07, 6.45) is 2.33. The zero-order valence-electron chi connectivity index (χ0n) is 13.0. The minimum Gasteiger partial charge on any atom is -0.451 e. The van der Waals surface area contributed by atoms with Crippen LogP contribution in [0.5, 0.6) is 0 Å². The van der Waals surface area contributed by atoms with Gasteiger partial charge in [-0.25, -0.2) is 0 Å². The monoisotopic (exact) mass is 311 g/mol. The molecule has 5 heteroatoms. The molecule has 2 bridgehead atoms. The third-order valence-corrected chi connectivity index (χ3v) is 4.80. The molecule has 0 spiro atoms. The molecule has 0 saturated carbocycles. The number of piperidine rings is 1. The average molecular weight is 311 g/mol. The van der Waals surface area contributed by atoms with E-state index in [0.717, 1.165) is 31.0 Å². The first-order valence-electron chi connectivity index (χ1n) is 8.16. The second-order valence-corrected chi connectivity index (χ2v) is 6.61. The lowest BCUT2D eigenvalue weighted by atomic mass is 9.97. The fourth-order valence-electron chi connectivity index (χ4n) is 3.73. The number of carbonyl (C=O) groups is 1. The second kappa shape index (κ2) is 5.74. The molecule has 3 N–H and O–H groups in total. The number of nitrogens with two attached hydrogens (primary N) is 1. The van der Waals surface area contributed by atoms with E-state index in [1.165, 1.54) is 13.0 Å². The first kappa shape index (κ1) is 14.3. The standard InChI is InChI=1S/C18H21N3O2/c19-14-3-1-2-13(9-14)16-4-5-17(23-16)18(22)20-15-8-12-6-7-21(10-12)11-15/h1-5,9,12,15H,6-8,10-11,19H2,(H,20,22)/t12-,15+/m1/s1. The molecule has 1 aromatic carbocycles. The Morgan fingerprint density at radius 3 is 3.00 bits per heavy atom. The summed E-state index contributed by atoms with van der Waals surface area (Å²) in [5, 5.41) is 3.11. The van der Waals surface area contributed by atoms with E-state index in [1.54, 1.807) is 6.07 Å². The van der Waals surface area contributed by atoms with Gasteiger partial charge in [0.2, 0.25) is 0 Å². The predicted octanol–water partition coefficient (Wildman–Crippen LogP) is 2.35.